The maximum Gasteiger partial charge on any atom is 0.256 e. The fourth-order valence-electron chi connectivity index (χ4n) is 2.40. The molecule has 0 unspecified atom stereocenters. The molecular formula is C16H20N4O. The van der Waals surface area contributed by atoms with Gasteiger partial charge in [-0.05, 0) is 30.2 Å². The average Bonchev–Trinajstić information content (AvgIpc) is 3.04. The number of aromatic amines is 1. The summed E-state index contributed by atoms with van der Waals surface area (Å²) >= 11 is 0. The van der Waals surface area contributed by atoms with E-state index in [0.717, 1.165) is 24.3 Å². The lowest BCUT2D eigenvalue weighted by molar-refractivity contribution is 0.102. The van der Waals surface area contributed by atoms with Gasteiger partial charge in [0.1, 0.15) is 0 Å². The van der Waals surface area contributed by atoms with E-state index in [0.29, 0.717) is 11.4 Å². The quantitative estimate of drug-likeness (QED) is 0.794. The molecule has 0 aliphatic carbocycles. The summed E-state index contributed by atoms with van der Waals surface area (Å²) in [6, 6.07) is 7.63. The van der Waals surface area contributed by atoms with Crippen LogP contribution in [0.3, 0.4) is 0 Å². The topological polar surface area (TPSA) is 69.8 Å². The molecule has 3 N–H and O–H groups in total. The Hall–Kier alpha value is -2.30. The van der Waals surface area contributed by atoms with E-state index in [2.05, 4.69) is 41.6 Å². The summed E-state index contributed by atoms with van der Waals surface area (Å²) in [6.07, 6.45) is 0.965. The van der Waals surface area contributed by atoms with Crippen molar-refractivity contribution in [3.63, 3.8) is 0 Å². The van der Waals surface area contributed by atoms with Gasteiger partial charge in [0, 0.05) is 35.0 Å². The Bertz CT molecular complexity index is 682. The van der Waals surface area contributed by atoms with Crippen LogP contribution in [0.5, 0.6) is 0 Å². The molecule has 1 aromatic carbocycles. The maximum absolute atomic E-state index is 12.3. The van der Waals surface area contributed by atoms with Gasteiger partial charge in [-0.1, -0.05) is 20.8 Å². The van der Waals surface area contributed by atoms with Gasteiger partial charge in [-0.3, -0.25) is 9.89 Å². The first-order valence-electron chi connectivity index (χ1n) is 7.17. The molecule has 3 rings (SSSR count). The molecule has 2 heterocycles. The van der Waals surface area contributed by atoms with Crippen molar-refractivity contribution in [1.29, 1.82) is 0 Å². The largest absolute Gasteiger partial charge is 0.384 e. The van der Waals surface area contributed by atoms with Crippen LogP contribution in [0.15, 0.2) is 24.3 Å². The third kappa shape index (κ3) is 2.77. The summed E-state index contributed by atoms with van der Waals surface area (Å²) in [4.78, 5) is 12.3. The Kier molecular flexibility index (Phi) is 3.20. The van der Waals surface area contributed by atoms with E-state index in [9.17, 15) is 4.79 Å². The number of nitrogens with zero attached hydrogens (tertiary/aromatic N) is 1. The van der Waals surface area contributed by atoms with Crippen molar-refractivity contribution in [1.82, 2.24) is 10.2 Å². The number of carbonyl (C=O) groups is 1. The van der Waals surface area contributed by atoms with E-state index in [4.69, 9.17) is 0 Å². The smallest absolute Gasteiger partial charge is 0.256 e. The number of nitrogens with one attached hydrogen (secondary N) is 3. The molecule has 5 heteroatoms. The van der Waals surface area contributed by atoms with Crippen molar-refractivity contribution in [2.75, 3.05) is 17.2 Å². The number of rotatable bonds is 2. The van der Waals surface area contributed by atoms with Gasteiger partial charge in [-0.25, -0.2) is 0 Å². The second kappa shape index (κ2) is 4.91. The monoisotopic (exact) mass is 284 g/mol. The lowest BCUT2D eigenvalue weighted by Crippen LogP contribution is -2.12. The molecule has 0 fully saturated rings. The van der Waals surface area contributed by atoms with Crippen LogP contribution in [0.2, 0.25) is 0 Å². The van der Waals surface area contributed by atoms with Crippen molar-refractivity contribution in [3.8, 4) is 0 Å². The summed E-state index contributed by atoms with van der Waals surface area (Å²) in [5.41, 5.74) is 3.96. The van der Waals surface area contributed by atoms with Crippen LogP contribution >= 0.6 is 0 Å². The van der Waals surface area contributed by atoms with E-state index < -0.39 is 0 Å². The zero-order chi connectivity index (χ0) is 15.0. The van der Waals surface area contributed by atoms with Crippen LogP contribution in [-0.4, -0.2) is 22.6 Å². The highest BCUT2D eigenvalue weighted by atomic mass is 16.1. The molecule has 1 aromatic heterocycles. The molecule has 1 aliphatic rings. The van der Waals surface area contributed by atoms with Crippen LogP contribution in [-0.2, 0) is 11.8 Å². The summed E-state index contributed by atoms with van der Waals surface area (Å²) in [7, 11) is 0. The normalized spacial score (nSPS) is 13.7. The van der Waals surface area contributed by atoms with Gasteiger partial charge in [0.25, 0.3) is 5.91 Å². The maximum atomic E-state index is 12.3. The molecule has 0 atom stereocenters. The van der Waals surface area contributed by atoms with Crippen molar-refractivity contribution >= 4 is 17.4 Å². The fraction of sp³-hybridized carbons (Fsp3) is 0.375. The highest BCUT2D eigenvalue weighted by Crippen LogP contribution is 2.24. The minimum absolute atomic E-state index is 0.0186. The third-order valence-electron chi connectivity index (χ3n) is 3.70. The van der Waals surface area contributed by atoms with Crippen molar-refractivity contribution in [2.45, 2.75) is 32.6 Å². The van der Waals surface area contributed by atoms with Crippen LogP contribution < -0.4 is 10.6 Å². The van der Waals surface area contributed by atoms with Crippen molar-refractivity contribution in [2.24, 2.45) is 0 Å². The van der Waals surface area contributed by atoms with Gasteiger partial charge in [-0.2, -0.15) is 5.10 Å². The minimum atomic E-state index is -0.128. The van der Waals surface area contributed by atoms with Gasteiger partial charge in [0.2, 0.25) is 0 Å². The predicted molar refractivity (Wildman–Crippen MR) is 83.9 cm³/mol. The number of aromatic nitrogens is 2. The number of anilines is 2. The molecule has 21 heavy (non-hydrogen) atoms. The Balaban J connectivity index is 1.76. The summed E-state index contributed by atoms with van der Waals surface area (Å²) in [5.74, 6) is 0.431. The zero-order valence-electron chi connectivity index (χ0n) is 12.6. The van der Waals surface area contributed by atoms with Gasteiger partial charge < -0.3 is 10.6 Å². The first kappa shape index (κ1) is 13.7. The number of H-pyrrole nitrogens is 1. The average molecular weight is 284 g/mol. The zero-order valence-corrected chi connectivity index (χ0v) is 12.6. The molecular weight excluding hydrogens is 264 g/mol. The Morgan fingerprint density at radius 2 is 2.10 bits per heavy atom. The van der Waals surface area contributed by atoms with Crippen LogP contribution in [0.25, 0.3) is 0 Å². The van der Waals surface area contributed by atoms with Gasteiger partial charge in [-0.15, -0.1) is 0 Å². The van der Waals surface area contributed by atoms with Crippen LogP contribution in [0.4, 0.5) is 11.5 Å². The summed E-state index contributed by atoms with van der Waals surface area (Å²) in [6.45, 7) is 7.23. The van der Waals surface area contributed by atoms with Crippen LogP contribution in [0.1, 0.15) is 42.4 Å². The van der Waals surface area contributed by atoms with Crippen molar-refractivity contribution in [3.05, 3.63) is 41.1 Å². The molecule has 5 nitrogen and oxygen atoms in total. The first-order valence-corrected chi connectivity index (χ1v) is 7.17. The standard InChI is InChI=1S/C16H20N4O/c1-16(2,3)13-9-14(20-19-13)18-15(21)11-4-5-12-10(8-11)6-7-17-12/h4-5,8-9,17H,6-7H2,1-3H3,(H2,18,19,20,21). The van der Waals surface area contributed by atoms with E-state index in [1.54, 1.807) is 0 Å². The molecule has 0 spiro atoms. The Morgan fingerprint density at radius 3 is 2.81 bits per heavy atom. The van der Waals surface area contributed by atoms with Crippen LogP contribution in [0, 0.1) is 0 Å². The van der Waals surface area contributed by atoms with Gasteiger partial charge in [0.15, 0.2) is 5.82 Å². The number of hydrogen-bond donors (Lipinski definition) is 3. The van der Waals surface area contributed by atoms with E-state index in [1.165, 1.54) is 5.56 Å². The van der Waals surface area contributed by atoms with E-state index >= 15 is 0 Å². The molecule has 0 bridgehead atoms. The van der Waals surface area contributed by atoms with Crippen molar-refractivity contribution < 1.29 is 4.79 Å². The molecule has 1 aliphatic heterocycles. The predicted octanol–water partition coefficient (Wildman–Crippen LogP) is 2.93. The number of fused-ring (bicyclic) bond motifs is 1. The number of carbonyl (C=O) groups excluding carboxylic acids is 1. The summed E-state index contributed by atoms with van der Waals surface area (Å²) in [5, 5.41) is 13.2. The number of amides is 1. The Labute approximate surface area is 124 Å². The fourth-order valence-corrected chi connectivity index (χ4v) is 2.40. The Morgan fingerprint density at radius 1 is 1.29 bits per heavy atom. The van der Waals surface area contributed by atoms with E-state index in [-0.39, 0.29) is 11.3 Å². The first-order chi connectivity index (χ1) is 9.93. The SMILES string of the molecule is CC(C)(C)c1cc(NC(=O)c2ccc3c(c2)CCN3)n[nH]1. The minimum Gasteiger partial charge on any atom is -0.384 e. The highest BCUT2D eigenvalue weighted by Gasteiger charge is 2.18. The third-order valence-corrected chi connectivity index (χ3v) is 3.70. The second-order valence-electron chi connectivity index (χ2n) is 6.42. The lowest BCUT2D eigenvalue weighted by atomic mass is 9.92. The number of benzene rings is 1. The molecule has 0 saturated heterocycles. The molecule has 110 valence electrons. The molecule has 2 aromatic rings. The highest BCUT2D eigenvalue weighted by molar-refractivity contribution is 6.04. The van der Waals surface area contributed by atoms with Gasteiger partial charge in [0.05, 0.1) is 0 Å². The second-order valence-corrected chi connectivity index (χ2v) is 6.42. The lowest BCUT2D eigenvalue weighted by Gasteiger charge is -2.14. The molecule has 1 amide bonds. The number of hydrogen-bond acceptors (Lipinski definition) is 3. The molecule has 0 saturated carbocycles. The van der Waals surface area contributed by atoms with Gasteiger partial charge >= 0.3 is 0 Å². The molecule has 0 radical (unpaired) electrons. The van der Waals surface area contributed by atoms with E-state index in [1.807, 2.05) is 24.3 Å². The summed E-state index contributed by atoms with van der Waals surface area (Å²) < 4.78 is 0.